The van der Waals surface area contributed by atoms with Crippen LogP contribution in [0.4, 0.5) is 11.5 Å². The first-order valence-corrected chi connectivity index (χ1v) is 5.64. The zero-order valence-electron chi connectivity index (χ0n) is 9.67. The summed E-state index contributed by atoms with van der Waals surface area (Å²) in [5.41, 5.74) is 1.10. The van der Waals surface area contributed by atoms with E-state index in [1.54, 1.807) is 18.2 Å². The van der Waals surface area contributed by atoms with Gasteiger partial charge in [0.15, 0.2) is 0 Å². The number of anilines is 2. The van der Waals surface area contributed by atoms with Crippen molar-refractivity contribution in [3.05, 3.63) is 53.2 Å². The van der Waals surface area contributed by atoms with Gasteiger partial charge in [0.2, 0.25) is 0 Å². The minimum atomic E-state index is -0.983. The quantitative estimate of drug-likeness (QED) is 0.923. The molecule has 0 saturated heterocycles. The zero-order valence-corrected chi connectivity index (χ0v) is 10.4. The molecule has 2 aromatic rings. The van der Waals surface area contributed by atoms with Gasteiger partial charge in [-0.2, -0.15) is 0 Å². The van der Waals surface area contributed by atoms with Gasteiger partial charge in [-0.05, 0) is 36.4 Å². The van der Waals surface area contributed by atoms with E-state index in [0.29, 0.717) is 10.8 Å². The fourth-order valence-electron chi connectivity index (χ4n) is 1.51. The van der Waals surface area contributed by atoms with E-state index >= 15 is 0 Å². The van der Waals surface area contributed by atoms with Crippen molar-refractivity contribution in [1.82, 2.24) is 4.98 Å². The van der Waals surface area contributed by atoms with Crippen molar-refractivity contribution in [3.8, 4) is 0 Å². The van der Waals surface area contributed by atoms with Crippen LogP contribution in [0.3, 0.4) is 0 Å². The maximum atomic E-state index is 10.7. The Bertz CT molecular complexity index is 552. The lowest BCUT2D eigenvalue weighted by molar-refractivity contribution is 0.0696. The normalized spacial score (nSPS) is 10.1. The van der Waals surface area contributed by atoms with Crippen LogP contribution in [0.1, 0.15) is 10.4 Å². The molecule has 0 saturated carbocycles. The molecule has 18 heavy (non-hydrogen) atoms. The molecule has 0 radical (unpaired) electrons. The van der Waals surface area contributed by atoms with Crippen molar-refractivity contribution in [2.45, 2.75) is 0 Å². The van der Waals surface area contributed by atoms with Crippen molar-refractivity contribution in [2.24, 2.45) is 0 Å². The molecule has 0 spiro atoms. The van der Waals surface area contributed by atoms with E-state index in [4.69, 9.17) is 16.7 Å². The standard InChI is InChI=1S/C13H11ClN2O2/c1-16(11-5-3-10(14)4-6-11)12-7-2-9(8-15-12)13(17)18/h2-8H,1H3,(H,17,18). The van der Waals surface area contributed by atoms with Crippen LogP contribution < -0.4 is 4.90 Å². The van der Waals surface area contributed by atoms with Crippen molar-refractivity contribution in [2.75, 3.05) is 11.9 Å². The third kappa shape index (κ3) is 2.60. The number of halogens is 1. The molecule has 0 amide bonds. The lowest BCUT2D eigenvalue weighted by Crippen LogP contribution is -2.11. The molecular formula is C13H11ClN2O2. The number of benzene rings is 1. The summed E-state index contributed by atoms with van der Waals surface area (Å²) in [5.74, 6) is -0.314. The summed E-state index contributed by atoms with van der Waals surface area (Å²) in [5, 5.41) is 9.46. The van der Waals surface area contributed by atoms with Gasteiger partial charge in [0.05, 0.1) is 5.56 Å². The molecule has 1 heterocycles. The highest BCUT2D eigenvalue weighted by Crippen LogP contribution is 2.23. The van der Waals surface area contributed by atoms with E-state index in [1.807, 2.05) is 24.1 Å². The van der Waals surface area contributed by atoms with Gasteiger partial charge in [-0.1, -0.05) is 11.6 Å². The van der Waals surface area contributed by atoms with Gasteiger partial charge in [-0.15, -0.1) is 0 Å². The number of carboxylic acid groups (broad SMARTS) is 1. The smallest absolute Gasteiger partial charge is 0.337 e. The number of carboxylic acids is 1. The zero-order chi connectivity index (χ0) is 13.1. The topological polar surface area (TPSA) is 53.4 Å². The van der Waals surface area contributed by atoms with E-state index in [0.717, 1.165) is 5.69 Å². The van der Waals surface area contributed by atoms with Gasteiger partial charge in [0.1, 0.15) is 5.82 Å². The van der Waals surface area contributed by atoms with Gasteiger partial charge in [0, 0.05) is 24.0 Å². The first kappa shape index (κ1) is 12.4. The van der Waals surface area contributed by atoms with Gasteiger partial charge < -0.3 is 10.0 Å². The largest absolute Gasteiger partial charge is 0.478 e. The van der Waals surface area contributed by atoms with Crippen LogP contribution in [0.15, 0.2) is 42.6 Å². The lowest BCUT2D eigenvalue weighted by Gasteiger charge is -2.18. The van der Waals surface area contributed by atoms with Crippen LogP contribution in [0.2, 0.25) is 5.02 Å². The molecule has 92 valence electrons. The molecule has 4 nitrogen and oxygen atoms in total. The first-order chi connectivity index (χ1) is 8.58. The molecule has 5 heteroatoms. The Morgan fingerprint density at radius 2 is 1.89 bits per heavy atom. The number of hydrogen-bond acceptors (Lipinski definition) is 3. The second-order valence-electron chi connectivity index (χ2n) is 3.75. The summed E-state index contributed by atoms with van der Waals surface area (Å²) in [6, 6.07) is 10.5. The minimum Gasteiger partial charge on any atom is -0.478 e. The van der Waals surface area contributed by atoms with Gasteiger partial charge in [0.25, 0.3) is 0 Å². The Morgan fingerprint density at radius 3 is 2.39 bits per heavy atom. The third-order valence-corrected chi connectivity index (χ3v) is 2.80. The maximum absolute atomic E-state index is 10.7. The van der Waals surface area contributed by atoms with Crippen LogP contribution in [-0.4, -0.2) is 23.1 Å². The van der Waals surface area contributed by atoms with Crippen molar-refractivity contribution < 1.29 is 9.90 Å². The fraction of sp³-hybridized carbons (Fsp3) is 0.0769. The van der Waals surface area contributed by atoms with Gasteiger partial charge in [-0.25, -0.2) is 9.78 Å². The second kappa shape index (κ2) is 5.06. The molecule has 1 N–H and O–H groups in total. The number of rotatable bonds is 3. The molecule has 0 bridgehead atoms. The van der Waals surface area contributed by atoms with E-state index in [1.165, 1.54) is 12.3 Å². The predicted molar refractivity (Wildman–Crippen MR) is 70.7 cm³/mol. The molecule has 1 aromatic heterocycles. The summed E-state index contributed by atoms with van der Waals surface area (Å²) in [7, 11) is 1.85. The van der Waals surface area contributed by atoms with Gasteiger partial charge in [-0.3, -0.25) is 0 Å². The lowest BCUT2D eigenvalue weighted by atomic mass is 10.2. The van der Waals surface area contributed by atoms with Crippen LogP contribution in [0.5, 0.6) is 0 Å². The molecule has 0 aliphatic heterocycles. The summed E-state index contributed by atoms with van der Waals surface area (Å²) in [4.78, 5) is 16.7. The Hall–Kier alpha value is -2.07. The Balaban J connectivity index is 2.25. The highest BCUT2D eigenvalue weighted by molar-refractivity contribution is 6.30. The molecule has 1 aromatic carbocycles. The molecule has 0 atom stereocenters. The second-order valence-corrected chi connectivity index (χ2v) is 4.18. The van der Waals surface area contributed by atoms with Crippen LogP contribution >= 0.6 is 11.6 Å². The SMILES string of the molecule is CN(c1ccc(Cl)cc1)c1ccc(C(=O)O)cn1. The maximum Gasteiger partial charge on any atom is 0.337 e. The molecule has 0 fully saturated rings. The highest BCUT2D eigenvalue weighted by Gasteiger charge is 2.07. The average molecular weight is 263 g/mol. The summed E-state index contributed by atoms with van der Waals surface area (Å²) in [6.45, 7) is 0. The number of carbonyl (C=O) groups is 1. The van der Waals surface area contributed by atoms with E-state index in [9.17, 15) is 4.79 Å². The number of aromatic carboxylic acids is 1. The molecule has 0 aliphatic carbocycles. The summed E-state index contributed by atoms with van der Waals surface area (Å²) < 4.78 is 0. The van der Waals surface area contributed by atoms with Crippen LogP contribution in [-0.2, 0) is 0 Å². The Labute approximate surface area is 109 Å². The third-order valence-electron chi connectivity index (χ3n) is 2.55. The highest BCUT2D eigenvalue weighted by atomic mass is 35.5. The van der Waals surface area contributed by atoms with E-state index in [-0.39, 0.29) is 5.56 Å². The summed E-state index contributed by atoms with van der Waals surface area (Å²) >= 11 is 5.82. The van der Waals surface area contributed by atoms with E-state index in [2.05, 4.69) is 4.98 Å². The number of nitrogens with zero attached hydrogens (tertiary/aromatic N) is 2. The number of hydrogen-bond donors (Lipinski definition) is 1. The molecule has 2 rings (SSSR count). The first-order valence-electron chi connectivity index (χ1n) is 5.26. The molecule has 0 unspecified atom stereocenters. The average Bonchev–Trinajstić information content (AvgIpc) is 2.39. The fourth-order valence-corrected chi connectivity index (χ4v) is 1.63. The molecular weight excluding hydrogens is 252 g/mol. The Morgan fingerprint density at radius 1 is 1.22 bits per heavy atom. The van der Waals surface area contributed by atoms with Crippen molar-refractivity contribution in [3.63, 3.8) is 0 Å². The number of pyridine rings is 1. The minimum absolute atomic E-state index is 0.170. The predicted octanol–water partition coefficient (Wildman–Crippen LogP) is 3.20. The van der Waals surface area contributed by atoms with Gasteiger partial charge >= 0.3 is 5.97 Å². The van der Waals surface area contributed by atoms with E-state index < -0.39 is 5.97 Å². The van der Waals surface area contributed by atoms with Crippen LogP contribution in [0.25, 0.3) is 0 Å². The van der Waals surface area contributed by atoms with Crippen LogP contribution in [0, 0.1) is 0 Å². The monoisotopic (exact) mass is 262 g/mol. The van der Waals surface area contributed by atoms with Crippen molar-refractivity contribution in [1.29, 1.82) is 0 Å². The van der Waals surface area contributed by atoms with Crippen molar-refractivity contribution >= 4 is 29.1 Å². The summed E-state index contributed by atoms with van der Waals surface area (Å²) in [6.07, 6.45) is 1.34. The number of aromatic nitrogens is 1. The molecule has 0 aliphatic rings. The Kier molecular flexibility index (Phi) is 3.48.